The fraction of sp³-hybridized carbons (Fsp3) is 0.458. The Labute approximate surface area is 224 Å². The van der Waals surface area contributed by atoms with Gasteiger partial charge in [-0.25, -0.2) is 20.2 Å². The van der Waals surface area contributed by atoms with Gasteiger partial charge in [0.05, 0.1) is 12.0 Å². The van der Waals surface area contributed by atoms with Crippen molar-refractivity contribution in [1.29, 1.82) is 5.41 Å². The molecule has 14 heteroatoms. The summed E-state index contributed by atoms with van der Waals surface area (Å²) >= 11 is 1.20. The predicted octanol–water partition coefficient (Wildman–Crippen LogP) is 2.62. The summed E-state index contributed by atoms with van der Waals surface area (Å²) in [6, 6.07) is 7.18. The third kappa shape index (κ3) is 10.2. The minimum atomic E-state index is -1.05. The lowest BCUT2D eigenvalue weighted by molar-refractivity contribution is -0.525. The smallest absolute Gasteiger partial charge is 0.248 e. The first-order valence-corrected chi connectivity index (χ1v) is 12.9. The molecule has 0 aliphatic rings. The molecule has 2 rings (SSSR count). The lowest BCUT2D eigenvalue weighted by Gasteiger charge is -2.32. The summed E-state index contributed by atoms with van der Waals surface area (Å²) in [5.74, 6) is -2.22. The van der Waals surface area contributed by atoms with Crippen LogP contribution in [0, 0.1) is 27.4 Å². The van der Waals surface area contributed by atoms with Gasteiger partial charge < -0.3 is 10.6 Å². The van der Waals surface area contributed by atoms with Gasteiger partial charge in [-0.15, -0.1) is 11.3 Å². The summed E-state index contributed by atoms with van der Waals surface area (Å²) in [6.45, 7) is 3.81. The molecule has 0 spiro atoms. The van der Waals surface area contributed by atoms with Crippen LogP contribution in [-0.4, -0.2) is 56.4 Å². The minimum Gasteiger partial charge on any atom is -0.344 e. The highest BCUT2D eigenvalue weighted by Crippen LogP contribution is 2.23. The van der Waals surface area contributed by atoms with Gasteiger partial charge in [0.25, 0.3) is 0 Å². The van der Waals surface area contributed by atoms with Crippen LogP contribution < -0.4 is 16.1 Å². The van der Waals surface area contributed by atoms with E-state index in [1.54, 1.807) is 10.8 Å². The molecule has 0 aliphatic carbocycles. The molecule has 0 saturated heterocycles. The zero-order chi connectivity index (χ0) is 28.1. The summed E-state index contributed by atoms with van der Waals surface area (Å²) in [6.07, 6.45) is 2.57. The maximum absolute atomic E-state index is 13.6. The second-order valence-electron chi connectivity index (χ2n) is 9.11. The van der Waals surface area contributed by atoms with Crippen LogP contribution >= 0.6 is 11.3 Å². The molecule has 2 aromatic rings. The number of hydrogen-bond donors (Lipinski definition) is 5. The Kier molecular flexibility index (Phi) is 12.3. The average molecular weight is 548 g/mol. The lowest BCUT2D eigenvalue weighted by Crippen LogP contribution is -2.52. The number of hydrazine groups is 1. The molecule has 1 unspecified atom stereocenters. The Morgan fingerprint density at radius 1 is 1.26 bits per heavy atom. The van der Waals surface area contributed by atoms with E-state index in [0.717, 1.165) is 5.56 Å². The third-order valence-corrected chi connectivity index (χ3v) is 6.39. The molecule has 3 atom stereocenters. The molecule has 0 bridgehead atoms. The largest absolute Gasteiger partial charge is 0.344 e. The van der Waals surface area contributed by atoms with Crippen molar-refractivity contribution in [3.8, 4) is 0 Å². The second kappa shape index (κ2) is 15.4. The molecule has 0 aliphatic heterocycles. The predicted molar refractivity (Wildman–Crippen MR) is 141 cm³/mol. The number of amides is 3. The third-order valence-electron chi connectivity index (χ3n) is 5.70. The molecular weight excluding hydrogens is 514 g/mol. The van der Waals surface area contributed by atoms with Crippen molar-refractivity contribution in [2.45, 2.75) is 58.0 Å². The molecule has 3 amide bonds. The maximum atomic E-state index is 13.6. The molecule has 1 heterocycles. The number of nitrogens with zero attached hydrogens (tertiary/aromatic N) is 3. The van der Waals surface area contributed by atoms with Crippen molar-refractivity contribution < 1.29 is 24.6 Å². The number of thiazole rings is 1. The number of nitrogens with one attached hydrogen (secondary N) is 4. The molecule has 0 radical (unpaired) electrons. The van der Waals surface area contributed by atoms with Crippen molar-refractivity contribution in [3.05, 3.63) is 57.6 Å². The van der Waals surface area contributed by atoms with Crippen LogP contribution in [0.5, 0.6) is 0 Å². The monoisotopic (exact) mass is 547 g/mol. The number of anilines is 1. The summed E-state index contributed by atoms with van der Waals surface area (Å²) in [7, 11) is 0. The Hall–Kier alpha value is -3.91. The molecule has 5 N–H and O–H groups in total. The van der Waals surface area contributed by atoms with Crippen molar-refractivity contribution in [2.24, 2.45) is 11.8 Å². The van der Waals surface area contributed by atoms with E-state index in [-0.39, 0.29) is 43.8 Å². The topological polar surface area (TPSA) is 191 Å². The van der Waals surface area contributed by atoms with Crippen molar-refractivity contribution in [3.63, 3.8) is 0 Å². The highest BCUT2D eigenvalue weighted by Gasteiger charge is 2.35. The van der Waals surface area contributed by atoms with E-state index >= 15 is 0 Å². The first-order valence-electron chi connectivity index (χ1n) is 12.1. The van der Waals surface area contributed by atoms with Gasteiger partial charge in [-0.3, -0.25) is 25.0 Å². The highest BCUT2D eigenvalue weighted by atomic mass is 32.1. The molecule has 206 valence electrons. The molecule has 0 saturated carbocycles. The fourth-order valence-electron chi connectivity index (χ4n) is 3.97. The van der Waals surface area contributed by atoms with E-state index in [1.807, 2.05) is 44.2 Å². The van der Waals surface area contributed by atoms with E-state index in [1.165, 1.54) is 17.5 Å². The maximum Gasteiger partial charge on any atom is 0.248 e. The quantitative estimate of drug-likeness (QED) is 0.0529. The molecule has 1 aromatic heterocycles. The Morgan fingerprint density at radius 3 is 2.55 bits per heavy atom. The molecule has 1 aromatic carbocycles. The number of amidine groups is 1. The number of hydroxylamine groups is 2. The van der Waals surface area contributed by atoms with E-state index < -0.39 is 34.8 Å². The van der Waals surface area contributed by atoms with Gasteiger partial charge in [-0.1, -0.05) is 49.6 Å². The number of nitro groups is 1. The number of aromatic nitrogens is 1. The van der Waals surface area contributed by atoms with E-state index in [9.17, 15) is 29.7 Å². The van der Waals surface area contributed by atoms with Crippen LogP contribution in [0.25, 0.3) is 0 Å². The molecule has 13 nitrogen and oxygen atoms in total. The minimum absolute atomic E-state index is 0.0144. The van der Waals surface area contributed by atoms with Gasteiger partial charge in [-0.2, -0.15) is 0 Å². The fourth-order valence-corrected chi connectivity index (χ4v) is 4.51. The van der Waals surface area contributed by atoms with Crippen molar-refractivity contribution in [1.82, 2.24) is 20.8 Å². The zero-order valence-corrected chi connectivity index (χ0v) is 22.0. The van der Waals surface area contributed by atoms with Gasteiger partial charge in [0.1, 0.15) is 6.04 Å². The van der Waals surface area contributed by atoms with Crippen LogP contribution in [0.3, 0.4) is 0 Å². The summed E-state index contributed by atoms with van der Waals surface area (Å²) < 4.78 is 0. The van der Waals surface area contributed by atoms with Crippen molar-refractivity contribution >= 4 is 40.5 Å². The SMILES string of the molecule is CC(C)CC(C(=O)N[C@@H](CCCC(=N)N[N+](=O)[O-])C(=O)Nc1nccs1)[C@H](Cc1ccccc1)N(O)C=O. The first-order chi connectivity index (χ1) is 18.1. The van der Waals surface area contributed by atoms with Crippen LogP contribution in [0.4, 0.5) is 5.13 Å². The standard InChI is InChI=1S/C24H33N7O6S/c1-16(2)13-18(20(30(35)15-32)14-17-7-4-3-5-8-17)22(33)27-19(9-6-10-21(25)29-31(36)37)23(34)28-24-26-11-12-38-24/h3-5,7-8,11-12,15-16,18-20,35H,6,9-10,13-14H2,1-2H3,(H2,25,29)(H,27,33)(H,26,28,34)/t18?,19-,20-/m0/s1. The number of carbonyl (C=O) groups is 3. The molecular formula is C24H33N7O6S. The van der Waals surface area contributed by atoms with E-state index in [4.69, 9.17) is 5.41 Å². The number of hydrogen-bond acceptors (Lipinski definition) is 9. The van der Waals surface area contributed by atoms with E-state index in [2.05, 4.69) is 15.6 Å². The van der Waals surface area contributed by atoms with Gasteiger partial charge in [0.15, 0.2) is 16.0 Å². The van der Waals surface area contributed by atoms with Crippen LogP contribution in [0.1, 0.15) is 45.1 Å². The average Bonchev–Trinajstić information content (AvgIpc) is 3.38. The van der Waals surface area contributed by atoms with Crippen LogP contribution in [0.15, 0.2) is 41.9 Å². The second-order valence-corrected chi connectivity index (χ2v) is 10.0. The lowest BCUT2D eigenvalue weighted by atomic mass is 9.85. The van der Waals surface area contributed by atoms with Gasteiger partial charge in [0.2, 0.25) is 18.2 Å². The first kappa shape index (κ1) is 30.3. The molecule has 0 fully saturated rings. The van der Waals surface area contributed by atoms with Crippen molar-refractivity contribution in [2.75, 3.05) is 5.32 Å². The number of benzene rings is 1. The Morgan fingerprint density at radius 2 is 1.97 bits per heavy atom. The van der Waals surface area contributed by atoms with Gasteiger partial charge in [0, 0.05) is 18.0 Å². The van der Waals surface area contributed by atoms with Crippen LogP contribution in [0.2, 0.25) is 0 Å². The summed E-state index contributed by atoms with van der Waals surface area (Å²) in [5, 5.41) is 35.6. The summed E-state index contributed by atoms with van der Waals surface area (Å²) in [5.41, 5.74) is 2.58. The number of carbonyl (C=O) groups excluding carboxylic acids is 3. The molecule has 38 heavy (non-hydrogen) atoms. The van der Waals surface area contributed by atoms with Gasteiger partial charge in [-0.05, 0) is 37.2 Å². The van der Waals surface area contributed by atoms with Gasteiger partial charge >= 0.3 is 0 Å². The Balaban J connectivity index is 2.25. The Bertz CT molecular complexity index is 1070. The summed E-state index contributed by atoms with van der Waals surface area (Å²) in [4.78, 5) is 52.7. The zero-order valence-electron chi connectivity index (χ0n) is 21.2. The highest BCUT2D eigenvalue weighted by molar-refractivity contribution is 7.13. The van der Waals surface area contributed by atoms with Crippen LogP contribution in [-0.2, 0) is 20.8 Å². The van der Waals surface area contributed by atoms with E-state index in [0.29, 0.717) is 16.6 Å². The normalized spacial score (nSPS) is 13.2. The number of rotatable bonds is 16.